The second kappa shape index (κ2) is 6.36. The lowest BCUT2D eigenvalue weighted by Crippen LogP contribution is -2.24. The Morgan fingerprint density at radius 3 is 2.30 bits per heavy atom. The third-order valence-corrected chi connectivity index (χ3v) is 3.64. The minimum absolute atomic E-state index is 0.322. The van der Waals surface area contributed by atoms with E-state index in [2.05, 4.69) is 9.97 Å². The number of nitrogens with one attached hydrogen (secondary N) is 1. The summed E-state index contributed by atoms with van der Waals surface area (Å²) >= 11 is 0. The van der Waals surface area contributed by atoms with E-state index in [9.17, 15) is 4.79 Å². The van der Waals surface area contributed by atoms with E-state index in [0.717, 1.165) is 27.4 Å². The number of aromatic amines is 1. The molecule has 2 N–H and O–H groups in total. The van der Waals surface area contributed by atoms with Gasteiger partial charge in [0.25, 0.3) is 0 Å². The summed E-state index contributed by atoms with van der Waals surface area (Å²) in [6.07, 6.45) is -0.393. The number of nitrogens with zero attached hydrogens (tertiary/aromatic N) is 2. The molecule has 0 unspecified atom stereocenters. The summed E-state index contributed by atoms with van der Waals surface area (Å²) in [7, 11) is 1.47. The summed E-state index contributed by atoms with van der Waals surface area (Å²) < 4.78 is 0. The number of hydrogen-bond acceptors (Lipinski definition) is 2. The first-order valence-corrected chi connectivity index (χ1v) is 7.30. The zero-order valence-corrected chi connectivity index (χ0v) is 12.7. The fraction of sp³-hybridized carbons (Fsp3) is 0.111. The maximum Gasteiger partial charge on any atom is 0.413 e. The van der Waals surface area contributed by atoms with E-state index in [-0.39, 0.29) is 0 Å². The number of benzene rings is 2. The van der Waals surface area contributed by atoms with Crippen LogP contribution in [0.2, 0.25) is 0 Å². The van der Waals surface area contributed by atoms with Crippen LogP contribution in [0.5, 0.6) is 0 Å². The predicted molar refractivity (Wildman–Crippen MR) is 89.7 cm³/mol. The smallest absolute Gasteiger partial charge is 0.413 e. The maximum absolute atomic E-state index is 11.2. The Bertz CT molecular complexity index is 798. The lowest BCUT2D eigenvalue weighted by atomic mass is 10.0. The SMILES string of the molecule is CN(C(=O)O)c1nc(-c2ccccc2)c(Cc2ccccc2)[nH]1. The first-order valence-electron chi connectivity index (χ1n) is 7.30. The summed E-state index contributed by atoms with van der Waals surface area (Å²) in [4.78, 5) is 19.9. The Morgan fingerprint density at radius 2 is 1.70 bits per heavy atom. The van der Waals surface area contributed by atoms with Crippen LogP contribution in [0.1, 0.15) is 11.3 Å². The zero-order chi connectivity index (χ0) is 16.2. The van der Waals surface area contributed by atoms with Crippen molar-refractivity contribution in [2.45, 2.75) is 6.42 Å². The van der Waals surface area contributed by atoms with Crippen LogP contribution < -0.4 is 4.90 Å². The first-order chi connectivity index (χ1) is 11.1. The molecule has 0 fully saturated rings. The number of H-pyrrole nitrogens is 1. The molecule has 5 heteroatoms. The van der Waals surface area contributed by atoms with E-state index in [1.807, 2.05) is 60.7 Å². The van der Waals surface area contributed by atoms with Crippen LogP contribution in [0.25, 0.3) is 11.3 Å². The van der Waals surface area contributed by atoms with E-state index in [4.69, 9.17) is 5.11 Å². The third-order valence-electron chi connectivity index (χ3n) is 3.64. The molecule has 3 rings (SSSR count). The fourth-order valence-corrected chi connectivity index (χ4v) is 2.41. The molecule has 1 heterocycles. The second-order valence-corrected chi connectivity index (χ2v) is 5.26. The van der Waals surface area contributed by atoms with E-state index in [1.54, 1.807) is 0 Å². The number of imidazole rings is 1. The van der Waals surface area contributed by atoms with Crippen LogP contribution in [0, 0.1) is 0 Å². The van der Waals surface area contributed by atoms with E-state index in [0.29, 0.717) is 12.4 Å². The monoisotopic (exact) mass is 307 g/mol. The second-order valence-electron chi connectivity index (χ2n) is 5.26. The summed E-state index contributed by atoms with van der Waals surface area (Å²) in [6.45, 7) is 0. The van der Waals surface area contributed by atoms with Crippen molar-refractivity contribution >= 4 is 12.0 Å². The Balaban J connectivity index is 2.03. The Hall–Kier alpha value is -3.08. The molecule has 0 saturated heterocycles. The molecular formula is C18H17N3O2. The van der Waals surface area contributed by atoms with Crippen molar-refractivity contribution in [2.75, 3.05) is 11.9 Å². The minimum Gasteiger partial charge on any atom is -0.465 e. The molecule has 23 heavy (non-hydrogen) atoms. The molecule has 5 nitrogen and oxygen atoms in total. The van der Waals surface area contributed by atoms with Crippen molar-refractivity contribution in [3.8, 4) is 11.3 Å². The first kappa shape index (κ1) is 14.8. The van der Waals surface area contributed by atoms with E-state index < -0.39 is 6.09 Å². The molecule has 1 amide bonds. The van der Waals surface area contributed by atoms with Gasteiger partial charge in [-0.3, -0.25) is 4.90 Å². The highest BCUT2D eigenvalue weighted by atomic mass is 16.4. The highest BCUT2D eigenvalue weighted by Crippen LogP contribution is 2.26. The van der Waals surface area contributed by atoms with Crippen LogP contribution >= 0.6 is 0 Å². The summed E-state index contributed by atoms with van der Waals surface area (Å²) in [6, 6.07) is 19.8. The molecular weight excluding hydrogens is 290 g/mol. The number of rotatable bonds is 4. The standard InChI is InChI=1S/C18H17N3O2/c1-21(18(22)23)17-19-15(12-13-8-4-2-5-9-13)16(20-17)14-10-6-3-7-11-14/h2-11H,12H2,1H3,(H,19,20)(H,22,23). The van der Waals surface area contributed by atoms with Gasteiger partial charge in [0, 0.05) is 24.7 Å². The van der Waals surface area contributed by atoms with E-state index >= 15 is 0 Å². The van der Waals surface area contributed by atoms with Crippen LogP contribution in [0.4, 0.5) is 10.7 Å². The Kier molecular flexibility index (Phi) is 4.10. The molecule has 2 aromatic carbocycles. The highest BCUT2D eigenvalue weighted by molar-refractivity contribution is 5.83. The van der Waals surface area contributed by atoms with Gasteiger partial charge < -0.3 is 10.1 Å². The highest BCUT2D eigenvalue weighted by Gasteiger charge is 2.18. The van der Waals surface area contributed by atoms with Gasteiger partial charge in [-0.25, -0.2) is 9.78 Å². The molecule has 0 radical (unpaired) electrons. The predicted octanol–water partition coefficient (Wildman–Crippen LogP) is 3.78. The quantitative estimate of drug-likeness (QED) is 0.770. The van der Waals surface area contributed by atoms with Crippen LogP contribution in [0.3, 0.4) is 0 Å². The van der Waals surface area contributed by atoms with Gasteiger partial charge in [-0.05, 0) is 5.56 Å². The summed E-state index contributed by atoms with van der Waals surface area (Å²) in [5.41, 5.74) is 3.76. The van der Waals surface area contributed by atoms with Crippen molar-refractivity contribution in [3.63, 3.8) is 0 Å². The lowest BCUT2D eigenvalue weighted by molar-refractivity contribution is 0.203. The number of anilines is 1. The van der Waals surface area contributed by atoms with Gasteiger partial charge in [-0.15, -0.1) is 0 Å². The van der Waals surface area contributed by atoms with Crippen molar-refractivity contribution < 1.29 is 9.90 Å². The molecule has 0 spiro atoms. The number of amides is 1. The normalized spacial score (nSPS) is 10.5. The lowest BCUT2D eigenvalue weighted by Gasteiger charge is -2.07. The van der Waals surface area contributed by atoms with Gasteiger partial charge in [0.1, 0.15) is 0 Å². The fourth-order valence-electron chi connectivity index (χ4n) is 2.41. The van der Waals surface area contributed by atoms with Crippen LogP contribution in [-0.4, -0.2) is 28.2 Å². The summed E-state index contributed by atoms with van der Waals surface area (Å²) in [5.74, 6) is 0.322. The van der Waals surface area contributed by atoms with Gasteiger partial charge in [0.15, 0.2) is 0 Å². The average molecular weight is 307 g/mol. The number of hydrogen-bond donors (Lipinski definition) is 2. The molecule has 1 aromatic heterocycles. The van der Waals surface area contributed by atoms with Crippen molar-refractivity contribution in [2.24, 2.45) is 0 Å². The molecule has 116 valence electrons. The Morgan fingerprint density at radius 1 is 1.09 bits per heavy atom. The van der Waals surface area contributed by atoms with Crippen molar-refractivity contribution in [3.05, 3.63) is 71.9 Å². The van der Waals surface area contributed by atoms with Crippen LogP contribution in [-0.2, 0) is 6.42 Å². The van der Waals surface area contributed by atoms with Gasteiger partial charge in [-0.1, -0.05) is 60.7 Å². The third kappa shape index (κ3) is 3.23. The summed E-state index contributed by atoms with van der Waals surface area (Å²) in [5, 5.41) is 9.16. The molecule has 0 aliphatic rings. The molecule has 0 atom stereocenters. The average Bonchev–Trinajstić information content (AvgIpc) is 2.99. The number of carbonyl (C=O) groups is 1. The zero-order valence-electron chi connectivity index (χ0n) is 12.7. The number of carboxylic acid groups (broad SMARTS) is 1. The van der Waals surface area contributed by atoms with Gasteiger partial charge >= 0.3 is 6.09 Å². The maximum atomic E-state index is 11.2. The Labute approximate surface area is 134 Å². The van der Waals surface area contributed by atoms with Crippen LogP contribution in [0.15, 0.2) is 60.7 Å². The topological polar surface area (TPSA) is 69.2 Å². The molecule has 3 aromatic rings. The van der Waals surface area contributed by atoms with Crippen molar-refractivity contribution in [1.82, 2.24) is 9.97 Å². The largest absolute Gasteiger partial charge is 0.465 e. The molecule has 0 saturated carbocycles. The van der Waals surface area contributed by atoms with Crippen molar-refractivity contribution in [1.29, 1.82) is 0 Å². The molecule has 0 bridgehead atoms. The number of aromatic nitrogens is 2. The molecule has 0 aliphatic carbocycles. The van der Waals surface area contributed by atoms with E-state index in [1.165, 1.54) is 7.05 Å². The van der Waals surface area contributed by atoms with Gasteiger partial charge in [0.05, 0.1) is 5.69 Å². The van der Waals surface area contributed by atoms with Gasteiger partial charge in [0.2, 0.25) is 5.95 Å². The molecule has 0 aliphatic heterocycles. The van der Waals surface area contributed by atoms with Gasteiger partial charge in [-0.2, -0.15) is 0 Å². The minimum atomic E-state index is -1.05.